The highest BCUT2D eigenvalue weighted by molar-refractivity contribution is 6.27. The van der Waals surface area contributed by atoms with Crippen LogP contribution >= 0.6 is 0 Å². The number of benzene rings is 9. The van der Waals surface area contributed by atoms with Crippen LogP contribution in [0.4, 0.5) is 17.1 Å². The third-order valence-corrected chi connectivity index (χ3v) is 12.7. The van der Waals surface area contributed by atoms with E-state index >= 15 is 0 Å². The molecule has 0 radical (unpaired) electrons. The van der Waals surface area contributed by atoms with Crippen molar-refractivity contribution in [1.82, 2.24) is 8.97 Å². The van der Waals surface area contributed by atoms with Gasteiger partial charge >= 0.3 is 0 Å². The first-order valence-electron chi connectivity index (χ1n) is 20.2. The second-order valence-electron chi connectivity index (χ2n) is 15.7. The average Bonchev–Trinajstić information content (AvgIpc) is 4.03. The Kier molecular flexibility index (Phi) is 6.50. The van der Waals surface area contributed by atoms with Crippen LogP contribution in [0.25, 0.3) is 87.8 Å². The van der Waals surface area contributed by atoms with Crippen LogP contribution in [0, 0.1) is 0 Å². The van der Waals surface area contributed by atoms with E-state index < -0.39 is 0 Å². The maximum absolute atomic E-state index is 2.49. The lowest BCUT2D eigenvalue weighted by molar-refractivity contribution is 1.18. The first-order valence-corrected chi connectivity index (χ1v) is 20.2. The molecule has 58 heavy (non-hydrogen) atoms. The van der Waals surface area contributed by atoms with Crippen molar-refractivity contribution in [2.24, 2.45) is 0 Å². The zero-order valence-corrected chi connectivity index (χ0v) is 31.6. The predicted octanol–water partition coefficient (Wildman–Crippen LogP) is 14.6. The molecule has 0 N–H and O–H groups in total. The Hall–Kier alpha value is -7.62. The molecule has 1 aliphatic carbocycles. The normalized spacial score (nSPS) is 12.4. The molecule has 12 aromatic rings. The van der Waals surface area contributed by atoms with E-state index in [4.69, 9.17) is 0 Å². The minimum atomic E-state index is 0.970. The summed E-state index contributed by atoms with van der Waals surface area (Å²) in [5, 5.41) is 7.63. The number of hydrogen-bond acceptors (Lipinski definition) is 1. The summed E-state index contributed by atoms with van der Waals surface area (Å²) in [5.74, 6) is 0. The molecule has 0 aliphatic heterocycles. The lowest BCUT2D eigenvalue weighted by Crippen LogP contribution is -2.10. The zero-order chi connectivity index (χ0) is 37.9. The zero-order valence-electron chi connectivity index (χ0n) is 31.6. The van der Waals surface area contributed by atoms with Gasteiger partial charge in [-0.1, -0.05) is 133 Å². The summed E-state index contributed by atoms with van der Waals surface area (Å²) in [4.78, 5) is 2.49. The van der Waals surface area contributed by atoms with Gasteiger partial charge in [0.25, 0.3) is 0 Å². The summed E-state index contributed by atoms with van der Waals surface area (Å²) in [6.45, 7) is 0. The highest BCUT2D eigenvalue weighted by Crippen LogP contribution is 2.49. The molecule has 0 spiro atoms. The highest BCUT2D eigenvalue weighted by atomic mass is 15.1. The van der Waals surface area contributed by atoms with E-state index in [1.165, 1.54) is 105 Å². The second kappa shape index (κ2) is 11.9. The fourth-order valence-electron chi connectivity index (χ4n) is 10.2. The van der Waals surface area contributed by atoms with Crippen LogP contribution in [-0.2, 0) is 6.42 Å². The van der Waals surface area contributed by atoms with Crippen molar-refractivity contribution in [2.45, 2.75) is 6.42 Å². The monoisotopic (exact) mass is 737 g/mol. The van der Waals surface area contributed by atoms with E-state index in [9.17, 15) is 0 Å². The molecule has 0 fully saturated rings. The minimum Gasteiger partial charge on any atom is -0.310 e. The lowest BCUT2D eigenvalue weighted by atomic mass is 9.98. The largest absolute Gasteiger partial charge is 0.310 e. The minimum absolute atomic E-state index is 0.970. The van der Waals surface area contributed by atoms with Crippen LogP contribution < -0.4 is 4.90 Å². The number of fused-ring (bicyclic) bond motifs is 12. The van der Waals surface area contributed by atoms with Gasteiger partial charge in [0.15, 0.2) is 0 Å². The highest BCUT2D eigenvalue weighted by Gasteiger charge is 2.26. The Morgan fingerprint density at radius 3 is 1.83 bits per heavy atom. The Morgan fingerprint density at radius 2 is 1.00 bits per heavy atom. The fourth-order valence-corrected chi connectivity index (χ4v) is 10.2. The van der Waals surface area contributed by atoms with Crippen LogP contribution in [0.1, 0.15) is 11.1 Å². The Labute approximate surface area is 335 Å². The van der Waals surface area contributed by atoms with E-state index in [-0.39, 0.29) is 0 Å². The molecule has 1 aliphatic rings. The predicted molar refractivity (Wildman–Crippen MR) is 244 cm³/mol. The number of nitrogens with zero attached hydrogens (tertiary/aromatic N) is 3. The SMILES string of the molecule is c1ccc(-n2c3ccccc3c3c(-c4ccc(N(c5ccc6c(c5)-c5ccccc5C6)c5ccc6c7ccccc7n7c8ccccc8c5c67)cc4)cccc32)cc1. The number of hydrogen-bond donors (Lipinski definition) is 0. The van der Waals surface area contributed by atoms with Gasteiger partial charge in [-0.3, -0.25) is 0 Å². The Bertz CT molecular complexity index is 3590. The summed E-state index contributed by atoms with van der Waals surface area (Å²) >= 11 is 0. The number of para-hydroxylation sites is 4. The van der Waals surface area contributed by atoms with E-state index in [1.807, 2.05) is 0 Å². The lowest BCUT2D eigenvalue weighted by Gasteiger charge is -2.27. The topological polar surface area (TPSA) is 12.6 Å². The first-order chi connectivity index (χ1) is 28.8. The molecule has 3 aromatic heterocycles. The van der Waals surface area contributed by atoms with Crippen molar-refractivity contribution >= 4 is 77.0 Å². The van der Waals surface area contributed by atoms with Crippen LogP contribution in [0.15, 0.2) is 200 Å². The fraction of sp³-hybridized carbons (Fsp3) is 0.0182. The molecule has 3 nitrogen and oxygen atoms in total. The molecule has 3 heteroatoms. The number of aromatic nitrogens is 2. The first kappa shape index (κ1) is 31.6. The van der Waals surface area contributed by atoms with Gasteiger partial charge < -0.3 is 13.9 Å². The average molecular weight is 738 g/mol. The quantitative estimate of drug-likeness (QED) is 0.171. The number of anilines is 3. The standard InChI is InChI=1S/C55H35N3/c1-2-14-38(15-3-1)57-49-22-10-7-18-45(49)53-42(20-12-24-51(53)57)35-25-28-39(29-26-35)56(40-30-27-37-33-36-13-4-5-16-41(36)47(37)34-40)52-32-31-44-43-17-6-9-21-48(43)58-50-23-11-8-19-46(50)54(52)55(44)58/h1-32,34H,33H2. The third kappa shape index (κ3) is 4.33. The molecule has 0 bridgehead atoms. The van der Waals surface area contributed by atoms with Crippen molar-refractivity contribution in [3.05, 3.63) is 211 Å². The number of rotatable bonds is 5. The Balaban J connectivity index is 1.04. The molecule has 0 saturated carbocycles. The molecule has 270 valence electrons. The van der Waals surface area contributed by atoms with Crippen LogP contribution in [0.2, 0.25) is 0 Å². The van der Waals surface area contributed by atoms with Crippen molar-refractivity contribution in [3.63, 3.8) is 0 Å². The molecule has 0 atom stereocenters. The van der Waals surface area contributed by atoms with Gasteiger partial charge in [0.05, 0.1) is 33.3 Å². The summed E-state index contributed by atoms with van der Waals surface area (Å²) in [6.07, 6.45) is 0.970. The summed E-state index contributed by atoms with van der Waals surface area (Å²) in [6, 6.07) is 73.9. The van der Waals surface area contributed by atoms with Gasteiger partial charge in [-0.25, -0.2) is 0 Å². The van der Waals surface area contributed by atoms with Gasteiger partial charge in [-0.15, -0.1) is 0 Å². The van der Waals surface area contributed by atoms with Gasteiger partial charge in [-0.05, 0) is 107 Å². The molecule has 0 unspecified atom stereocenters. The maximum atomic E-state index is 2.49. The second-order valence-corrected chi connectivity index (χ2v) is 15.7. The van der Waals surface area contributed by atoms with Crippen molar-refractivity contribution in [1.29, 1.82) is 0 Å². The maximum Gasteiger partial charge on any atom is 0.0641 e. The van der Waals surface area contributed by atoms with E-state index in [1.54, 1.807) is 0 Å². The summed E-state index contributed by atoms with van der Waals surface area (Å²) in [7, 11) is 0. The summed E-state index contributed by atoms with van der Waals surface area (Å²) in [5.41, 5.74) is 18.6. The van der Waals surface area contributed by atoms with Gasteiger partial charge in [0.1, 0.15) is 0 Å². The van der Waals surface area contributed by atoms with Crippen LogP contribution in [-0.4, -0.2) is 8.97 Å². The molecule has 13 rings (SSSR count). The van der Waals surface area contributed by atoms with Crippen LogP contribution in [0.3, 0.4) is 0 Å². The smallest absolute Gasteiger partial charge is 0.0641 e. The molecule has 0 saturated heterocycles. The van der Waals surface area contributed by atoms with E-state index in [0.717, 1.165) is 17.8 Å². The molecule has 3 heterocycles. The van der Waals surface area contributed by atoms with E-state index in [0.29, 0.717) is 0 Å². The van der Waals surface area contributed by atoms with Gasteiger partial charge in [0, 0.05) is 49.4 Å². The molecule has 9 aromatic carbocycles. The Morgan fingerprint density at radius 1 is 0.379 bits per heavy atom. The molecule has 0 amide bonds. The van der Waals surface area contributed by atoms with Crippen molar-refractivity contribution in [2.75, 3.05) is 4.90 Å². The molecular formula is C55H35N3. The molecular weight excluding hydrogens is 703 g/mol. The van der Waals surface area contributed by atoms with Crippen LogP contribution in [0.5, 0.6) is 0 Å². The van der Waals surface area contributed by atoms with Gasteiger partial charge in [0.2, 0.25) is 0 Å². The summed E-state index contributed by atoms with van der Waals surface area (Å²) < 4.78 is 4.87. The van der Waals surface area contributed by atoms with E-state index in [2.05, 4.69) is 214 Å². The third-order valence-electron chi connectivity index (χ3n) is 12.7. The van der Waals surface area contributed by atoms with Crippen molar-refractivity contribution < 1.29 is 0 Å². The van der Waals surface area contributed by atoms with Gasteiger partial charge in [-0.2, -0.15) is 0 Å². The van der Waals surface area contributed by atoms with Crippen molar-refractivity contribution in [3.8, 4) is 27.9 Å².